The summed E-state index contributed by atoms with van der Waals surface area (Å²) in [5.74, 6) is 0.729. The minimum atomic E-state index is -0.325. The number of amidine groups is 2. The van der Waals surface area contributed by atoms with Crippen molar-refractivity contribution in [3.05, 3.63) is 108 Å². The lowest BCUT2D eigenvalue weighted by molar-refractivity contribution is 0.683. The molecule has 0 saturated carbocycles. The molecule has 31 heavy (non-hydrogen) atoms. The van der Waals surface area contributed by atoms with Crippen LogP contribution in [0, 0.1) is 0 Å². The molecule has 0 radical (unpaired) electrons. The van der Waals surface area contributed by atoms with E-state index in [-0.39, 0.29) is 11.5 Å². The summed E-state index contributed by atoms with van der Waals surface area (Å²) in [4.78, 5) is 9.09. The van der Waals surface area contributed by atoms with Gasteiger partial charge in [-0.05, 0) is 50.0 Å². The fourth-order valence-electron chi connectivity index (χ4n) is 4.43. The number of nitrogens with zero attached hydrogens (tertiary/aromatic N) is 2. The first-order valence-corrected chi connectivity index (χ1v) is 10.6. The van der Waals surface area contributed by atoms with Crippen molar-refractivity contribution in [3.63, 3.8) is 0 Å². The van der Waals surface area contributed by atoms with Gasteiger partial charge < -0.3 is 5.32 Å². The second kappa shape index (κ2) is 7.22. The molecule has 1 N–H and O–H groups in total. The van der Waals surface area contributed by atoms with Gasteiger partial charge in [-0.1, -0.05) is 91.0 Å². The first kappa shape index (κ1) is 18.1. The zero-order valence-corrected chi connectivity index (χ0v) is 17.3. The summed E-state index contributed by atoms with van der Waals surface area (Å²) in [6.07, 6.45) is -0.325. The third-order valence-corrected chi connectivity index (χ3v) is 6.04. The van der Waals surface area contributed by atoms with Gasteiger partial charge in [0.25, 0.3) is 0 Å². The smallest absolute Gasteiger partial charge is 0.222 e. The molecule has 3 nitrogen and oxygen atoms in total. The van der Waals surface area contributed by atoms with E-state index >= 15 is 0 Å². The van der Waals surface area contributed by atoms with Crippen LogP contribution in [0.2, 0.25) is 0 Å². The molecule has 0 spiro atoms. The Kier molecular flexibility index (Phi) is 4.22. The van der Waals surface area contributed by atoms with Crippen molar-refractivity contribution in [2.75, 3.05) is 0 Å². The van der Waals surface area contributed by atoms with E-state index in [0.717, 1.165) is 22.3 Å². The van der Waals surface area contributed by atoms with Crippen LogP contribution in [-0.2, 0) is 0 Å². The molecule has 5 aromatic carbocycles. The van der Waals surface area contributed by atoms with Crippen LogP contribution in [0.5, 0.6) is 0 Å². The van der Waals surface area contributed by atoms with E-state index in [2.05, 4.69) is 82.0 Å². The predicted molar refractivity (Wildman–Crippen MR) is 131 cm³/mol. The lowest BCUT2D eigenvalue weighted by Crippen LogP contribution is -2.32. The number of rotatable bonds is 2. The molecule has 1 unspecified atom stereocenters. The minimum absolute atomic E-state index is 0.254. The molecule has 5 aromatic rings. The topological polar surface area (TPSA) is 36.8 Å². The molecule has 1 aliphatic rings. The maximum atomic E-state index is 6.39. The summed E-state index contributed by atoms with van der Waals surface area (Å²) in [7, 11) is 0. The molecule has 0 fully saturated rings. The summed E-state index contributed by atoms with van der Waals surface area (Å²) in [5.41, 5.74) is 2.07. The Labute approximate surface area is 184 Å². The van der Waals surface area contributed by atoms with E-state index in [4.69, 9.17) is 11.6 Å². The molecule has 4 heteroatoms. The maximum Gasteiger partial charge on any atom is 0.222 e. The first-order valence-electron chi connectivity index (χ1n) is 10.2. The van der Waals surface area contributed by atoms with Crippen molar-refractivity contribution in [2.24, 2.45) is 9.98 Å². The fraction of sp³-hybridized carbons (Fsp3) is 0.0370. The molecule has 148 valence electrons. The van der Waals surface area contributed by atoms with E-state index < -0.39 is 0 Å². The van der Waals surface area contributed by atoms with Crippen LogP contribution in [0.3, 0.4) is 0 Å². The Hall–Kier alpha value is -3.69. The van der Waals surface area contributed by atoms with Gasteiger partial charge in [0.15, 0.2) is 0 Å². The minimum Gasteiger partial charge on any atom is -0.344 e. The van der Waals surface area contributed by atoms with Gasteiger partial charge in [0.1, 0.15) is 12.0 Å². The van der Waals surface area contributed by atoms with Crippen LogP contribution in [0.1, 0.15) is 17.3 Å². The average Bonchev–Trinajstić information content (AvgIpc) is 2.83. The van der Waals surface area contributed by atoms with Crippen LogP contribution < -0.4 is 5.32 Å². The molecule has 0 aliphatic carbocycles. The highest BCUT2D eigenvalue weighted by Crippen LogP contribution is 2.36. The van der Waals surface area contributed by atoms with Gasteiger partial charge in [0, 0.05) is 11.1 Å². The Morgan fingerprint density at radius 2 is 1.32 bits per heavy atom. The van der Waals surface area contributed by atoms with Crippen molar-refractivity contribution in [3.8, 4) is 0 Å². The Balaban J connectivity index is 1.60. The SMILES string of the molecule is ClC1=NC(c2cc3c4ccccc4ccc3c3ccccc23)NC(c2ccccc2)=N1. The van der Waals surface area contributed by atoms with E-state index in [0.29, 0.717) is 0 Å². The Bertz CT molecular complexity index is 1520. The second-order valence-electron chi connectivity index (χ2n) is 7.66. The van der Waals surface area contributed by atoms with Gasteiger partial charge in [-0.15, -0.1) is 0 Å². The average molecular weight is 420 g/mol. The fourth-order valence-corrected chi connectivity index (χ4v) is 4.61. The highest BCUT2D eigenvalue weighted by molar-refractivity contribution is 6.66. The zero-order valence-electron chi connectivity index (χ0n) is 16.6. The number of halogens is 1. The highest BCUT2D eigenvalue weighted by Gasteiger charge is 2.22. The third kappa shape index (κ3) is 3.06. The standard InChI is InChI=1S/C27H18ClN3/c28-27-30-25(18-9-2-1-3-10-18)29-26(31-27)24-16-23-19-11-5-4-8-17(19)14-15-22(23)20-12-6-7-13-21(20)24/h1-16,26H,(H,29,30,31). The second-order valence-corrected chi connectivity index (χ2v) is 8.00. The molecule has 0 bridgehead atoms. The lowest BCUT2D eigenvalue weighted by Gasteiger charge is -2.24. The van der Waals surface area contributed by atoms with Gasteiger partial charge in [-0.3, -0.25) is 0 Å². The molecule has 6 rings (SSSR count). The molecule has 0 aromatic heterocycles. The normalized spacial score (nSPS) is 16.2. The van der Waals surface area contributed by atoms with Gasteiger partial charge >= 0.3 is 0 Å². The summed E-state index contributed by atoms with van der Waals surface area (Å²) < 4.78 is 0. The lowest BCUT2D eigenvalue weighted by atomic mass is 9.92. The number of hydrogen-bond acceptors (Lipinski definition) is 3. The third-order valence-electron chi connectivity index (χ3n) is 5.85. The van der Waals surface area contributed by atoms with Crippen LogP contribution in [-0.4, -0.2) is 11.1 Å². The largest absolute Gasteiger partial charge is 0.344 e. The van der Waals surface area contributed by atoms with E-state index in [1.54, 1.807) is 0 Å². The van der Waals surface area contributed by atoms with Crippen LogP contribution in [0.4, 0.5) is 0 Å². The number of aliphatic imine (C=N–C) groups is 2. The summed E-state index contributed by atoms with van der Waals surface area (Å²) in [6, 6.07) is 33.6. The maximum absolute atomic E-state index is 6.39. The molecule has 0 saturated heterocycles. The summed E-state index contributed by atoms with van der Waals surface area (Å²) >= 11 is 6.39. The predicted octanol–water partition coefficient (Wildman–Crippen LogP) is 6.79. The number of nitrogens with one attached hydrogen (secondary N) is 1. The van der Waals surface area contributed by atoms with Gasteiger partial charge in [-0.25, -0.2) is 9.98 Å². The molecular weight excluding hydrogens is 402 g/mol. The molecule has 1 heterocycles. The van der Waals surface area contributed by atoms with Crippen LogP contribution >= 0.6 is 11.6 Å². The zero-order chi connectivity index (χ0) is 20.8. The Morgan fingerprint density at radius 1 is 0.645 bits per heavy atom. The van der Waals surface area contributed by atoms with Gasteiger partial charge in [0.05, 0.1) is 0 Å². The van der Waals surface area contributed by atoms with Crippen LogP contribution in [0.25, 0.3) is 32.3 Å². The molecular formula is C27H18ClN3. The van der Waals surface area contributed by atoms with E-state index in [1.165, 1.54) is 26.9 Å². The summed E-state index contributed by atoms with van der Waals surface area (Å²) in [5, 5.41) is 11.0. The number of benzene rings is 5. The first-order chi connectivity index (χ1) is 15.3. The van der Waals surface area contributed by atoms with Gasteiger partial charge in [0.2, 0.25) is 5.29 Å². The highest BCUT2D eigenvalue weighted by atomic mass is 35.5. The summed E-state index contributed by atoms with van der Waals surface area (Å²) in [6.45, 7) is 0. The number of hydrogen-bond donors (Lipinski definition) is 1. The quantitative estimate of drug-likeness (QED) is 0.248. The monoisotopic (exact) mass is 419 g/mol. The van der Waals surface area contributed by atoms with Crippen molar-refractivity contribution in [2.45, 2.75) is 6.17 Å². The number of fused-ring (bicyclic) bond motifs is 5. The van der Waals surface area contributed by atoms with Crippen molar-refractivity contribution >= 4 is 55.0 Å². The van der Waals surface area contributed by atoms with Crippen molar-refractivity contribution in [1.82, 2.24) is 5.32 Å². The van der Waals surface area contributed by atoms with Crippen LogP contribution in [0.15, 0.2) is 107 Å². The molecule has 1 atom stereocenters. The van der Waals surface area contributed by atoms with Gasteiger partial charge in [-0.2, -0.15) is 0 Å². The molecule has 0 amide bonds. The molecule has 1 aliphatic heterocycles. The Morgan fingerprint density at radius 3 is 2.16 bits per heavy atom. The van der Waals surface area contributed by atoms with Crippen molar-refractivity contribution in [1.29, 1.82) is 0 Å². The van der Waals surface area contributed by atoms with E-state index in [9.17, 15) is 0 Å². The van der Waals surface area contributed by atoms with Crippen molar-refractivity contribution < 1.29 is 0 Å². The van der Waals surface area contributed by atoms with E-state index in [1.807, 2.05) is 30.3 Å².